The minimum atomic E-state index is -1.08. The molecule has 0 heterocycles. The fourth-order valence-corrected chi connectivity index (χ4v) is 0.751. The van der Waals surface area contributed by atoms with Crippen LogP contribution in [0.3, 0.4) is 0 Å². The number of aliphatic carboxylic acids is 1. The van der Waals surface area contributed by atoms with Gasteiger partial charge in [-0.3, -0.25) is 0 Å². The van der Waals surface area contributed by atoms with Gasteiger partial charge >= 0.3 is 5.97 Å². The highest BCUT2D eigenvalue weighted by molar-refractivity contribution is 5.79. The number of hydrogen-bond acceptors (Lipinski definition) is 4. The summed E-state index contributed by atoms with van der Waals surface area (Å²) in [6, 6.07) is 6.25. The number of rotatable bonds is 4. The average Bonchev–Trinajstić information content (AvgIpc) is 2.15. The third-order valence-corrected chi connectivity index (χ3v) is 1.36. The largest absolute Gasteiger partial charge is 0.508 e. The van der Waals surface area contributed by atoms with Crippen LogP contribution in [0.5, 0.6) is 5.75 Å². The van der Waals surface area contributed by atoms with Crippen LogP contribution in [-0.4, -0.2) is 29.0 Å². The molecule has 0 aliphatic heterocycles. The van der Waals surface area contributed by atoms with Gasteiger partial charge in [-0.15, -0.1) is 0 Å². The Morgan fingerprint density at radius 1 is 1.43 bits per heavy atom. The Hall–Kier alpha value is -2.04. The van der Waals surface area contributed by atoms with E-state index in [1.165, 1.54) is 18.3 Å². The van der Waals surface area contributed by atoms with E-state index in [2.05, 4.69) is 9.99 Å². The Labute approximate surface area is 80.2 Å². The molecule has 0 aromatic heterocycles. The second-order valence-electron chi connectivity index (χ2n) is 2.49. The van der Waals surface area contributed by atoms with Gasteiger partial charge in [0.1, 0.15) is 5.75 Å². The highest BCUT2D eigenvalue weighted by Gasteiger charge is 1.93. The number of carboxylic acids is 1. The van der Waals surface area contributed by atoms with Crippen LogP contribution in [0.1, 0.15) is 5.56 Å². The van der Waals surface area contributed by atoms with E-state index in [4.69, 9.17) is 10.2 Å². The molecule has 0 saturated heterocycles. The maximum Gasteiger partial charge on any atom is 0.344 e. The smallest absolute Gasteiger partial charge is 0.344 e. The Bertz CT molecular complexity index is 331. The molecule has 0 unspecified atom stereocenters. The number of aromatic hydroxyl groups is 1. The first-order valence-electron chi connectivity index (χ1n) is 3.84. The van der Waals surface area contributed by atoms with Gasteiger partial charge < -0.3 is 15.1 Å². The zero-order chi connectivity index (χ0) is 10.4. The third kappa shape index (κ3) is 3.57. The molecule has 0 atom stereocenters. The predicted molar refractivity (Wildman–Crippen MR) is 49.3 cm³/mol. The van der Waals surface area contributed by atoms with Gasteiger partial charge in [-0.05, 0) is 29.8 Å². The molecule has 0 radical (unpaired) electrons. The standard InChI is InChI=1S/C9H9NO4/c11-8-3-1-7(2-4-8)5-10-14-6-9(12)13/h1-5,11H,6H2,(H,12,13). The lowest BCUT2D eigenvalue weighted by molar-refractivity contribution is -0.142. The highest BCUT2D eigenvalue weighted by Crippen LogP contribution is 2.07. The number of phenolic OH excluding ortho intramolecular Hbond substituents is 1. The van der Waals surface area contributed by atoms with E-state index in [9.17, 15) is 4.79 Å². The van der Waals surface area contributed by atoms with Crippen molar-refractivity contribution in [1.29, 1.82) is 0 Å². The van der Waals surface area contributed by atoms with Crippen molar-refractivity contribution < 1.29 is 19.8 Å². The molecule has 14 heavy (non-hydrogen) atoms. The van der Waals surface area contributed by atoms with Gasteiger partial charge in [0.2, 0.25) is 6.61 Å². The van der Waals surface area contributed by atoms with Crippen molar-refractivity contribution in [2.45, 2.75) is 0 Å². The maximum atomic E-state index is 10.0. The van der Waals surface area contributed by atoms with Gasteiger partial charge in [-0.2, -0.15) is 0 Å². The van der Waals surface area contributed by atoms with Crippen molar-refractivity contribution >= 4 is 12.2 Å². The fraction of sp³-hybridized carbons (Fsp3) is 0.111. The molecule has 74 valence electrons. The second-order valence-corrected chi connectivity index (χ2v) is 2.49. The van der Waals surface area contributed by atoms with Crippen LogP contribution in [-0.2, 0) is 9.63 Å². The first-order valence-corrected chi connectivity index (χ1v) is 3.84. The molecule has 5 nitrogen and oxygen atoms in total. The lowest BCUT2D eigenvalue weighted by Crippen LogP contribution is -2.03. The summed E-state index contributed by atoms with van der Waals surface area (Å²) >= 11 is 0. The van der Waals surface area contributed by atoms with Crippen molar-refractivity contribution in [2.75, 3.05) is 6.61 Å². The van der Waals surface area contributed by atoms with Gasteiger partial charge in [0.05, 0.1) is 6.21 Å². The van der Waals surface area contributed by atoms with E-state index >= 15 is 0 Å². The Balaban J connectivity index is 2.44. The van der Waals surface area contributed by atoms with Gasteiger partial charge in [0.25, 0.3) is 0 Å². The Kier molecular flexibility index (Phi) is 3.49. The van der Waals surface area contributed by atoms with Gasteiger partial charge in [-0.1, -0.05) is 5.16 Å². The number of oxime groups is 1. The number of carbonyl (C=O) groups is 1. The predicted octanol–water partition coefficient (Wildman–Crippen LogP) is 0.827. The molecule has 0 spiro atoms. The lowest BCUT2D eigenvalue weighted by atomic mass is 10.2. The number of benzene rings is 1. The second kappa shape index (κ2) is 4.86. The topological polar surface area (TPSA) is 79.1 Å². The minimum Gasteiger partial charge on any atom is -0.508 e. The van der Waals surface area contributed by atoms with Gasteiger partial charge in [-0.25, -0.2) is 4.79 Å². The van der Waals surface area contributed by atoms with Gasteiger partial charge in [0, 0.05) is 0 Å². The Morgan fingerprint density at radius 3 is 2.64 bits per heavy atom. The quantitative estimate of drug-likeness (QED) is 0.550. The van der Waals surface area contributed by atoms with Crippen molar-refractivity contribution in [3.8, 4) is 5.75 Å². The van der Waals surface area contributed by atoms with E-state index in [-0.39, 0.29) is 5.75 Å². The van der Waals surface area contributed by atoms with Crippen LogP contribution in [0, 0.1) is 0 Å². The van der Waals surface area contributed by atoms with E-state index in [1.807, 2.05) is 0 Å². The summed E-state index contributed by atoms with van der Waals surface area (Å²) < 4.78 is 0. The molecule has 0 amide bonds. The van der Waals surface area contributed by atoms with Crippen LogP contribution < -0.4 is 0 Å². The summed E-state index contributed by atoms with van der Waals surface area (Å²) in [7, 11) is 0. The van der Waals surface area contributed by atoms with E-state index in [0.29, 0.717) is 5.56 Å². The van der Waals surface area contributed by atoms with Crippen LogP contribution >= 0.6 is 0 Å². The highest BCUT2D eigenvalue weighted by atomic mass is 16.6. The SMILES string of the molecule is O=C(O)CON=Cc1ccc(O)cc1. The summed E-state index contributed by atoms with van der Waals surface area (Å²) in [5.41, 5.74) is 0.716. The zero-order valence-corrected chi connectivity index (χ0v) is 7.25. The number of hydrogen-bond donors (Lipinski definition) is 2. The summed E-state index contributed by atoms with van der Waals surface area (Å²) in [6.45, 7) is -0.464. The van der Waals surface area contributed by atoms with Crippen molar-refractivity contribution in [2.24, 2.45) is 5.16 Å². The minimum absolute atomic E-state index is 0.161. The molecule has 5 heteroatoms. The number of carboxylic acid groups (broad SMARTS) is 1. The summed E-state index contributed by atoms with van der Waals surface area (Å²) in [6.07, 6.45) is 1.36. The third-order valence-electron chi connectivity index (χ3n) is 1.36. The monoisotopic (exact) mass is 195 g/mol. The molecule has 2 N–H and O–H groups in total. The van der Waals surface area contributed by atoms with Crippen LogP contribution in [0.2, 0.25) is 0 Å². The zero-order valence-electron chi connectivity index (χ0n) is 7.25. The van der Waals surface area contributed by atoms with E-state index < -0.39 is 12.6 Å². The number of phenols is 1. The van der Waals surface area contributed by atoms with E-state index in [1.54, 1.807) is 12.1 Å². The number of nitrogens with zero attached hydrogens (tertiary/aromatic N) is 1. The molecule has 0 saturated carbocycles. The average molecular weight is 195 g/mol. The lowest BCUT2D eigenvalue weighted by Gasteiger charge is -1.94. The molecule has 0 fully saturated rings. The van der Waals surface area contributed by atoms with Crippen LogP contribution in [0.4, 0.5) is 0 Å². The fourth-order valence-electron chi connectivity index (χ4n) is 0.751. The maximum absolute atomic E-state index is 10.0. The molecule has 1 aromatic rings. The Morgan fingerprint density at radius 2 is 2.07 bits per heavy atom. The first-order chi connectivity index (χ1) is 6.68. The molecular weight excluding hydrogens is 186 g/mol. The summed E-state index contributed by atoms with van der Waals surface area (Å²) in [4.78, 5) is 14.5. The first kappa shape index (κ1) is 10.0. The van der Waals surface area contributed by atoms with E-state index in [0.717, 1.165) is 0 Å². The molecular formula is C9H9NO4. The molecule has 0 aliphatic rings. The van der Waals surface area contributed by atoms with Gasteiger partial charge in [0.15, 0.2) is 0 Å². The van der Waals surface area contributed by atoms with Crippen LogP contribution in [0.25, 0.3) is 0 Å². The molecule has 1 aromatic carbocycles. The summed E-state index contributed by atoms with van der Waals surface area (Å²) in [5, 5.41) is 20.6. The molecule has 1 rings (SSSR count). The summed E-state index contributed by atoms with van der Waals surface area (Å²) in [5.74, 6) is -0.915. The van der Waals surface area contributed by atoms with Crippen molar-refractivity contribution in [1.82, 2.24) is 0 Å². The normalized spacial score (nSPS) is 10.3. The van der Waals surface area contributed by atoms with Crippen molar-refractivity contribution in [3.05, 3.63) is 29.8 Å². The van der Waals surface area contributed by atoms with Crippen molar-refractivity contribution in [3.63, 3.8) is 0 Å². The van der Waals surface area contributed by atoms with Crippen LogP contribution in [0.15, 0.2) is 29.4 Å². The molecule has 0 bridgehead atoms. The molecule has 0 aliphatic carbocycles.